The summed E-state index contributed by atoms with van der Waals surface area (Å²) in [4.78, 5) is 11.1. The maximum Gasteiger partial charge on any atom is 0.240 e. The number of hydrogen-bond acceptors (Lipinski definition) is 5. The minimum absolute atomic E-state index is 0.157. The summed E-state index contributed by atoms with van der Waals surface area (Å²) in [6.45, 7) is 2.26. The van der Waals surface area contributed by atoms with Gasteiger partial charge in [0.15, 0.2) is 0 Å². The maximum atomic E-state index is 11.1. The Morgan fingerprint density at radius 3 is 3.00 bits per heavy atom. The van der Waals surface area contributed by atoms with Crippen molar-refractivity contribution in [2.24, 2.45) is 0 Å². The normalized spacial score (nSPS) is 9.14. The van der Waals surface area contributed by atoms with Gasteiger partial charge in [0.25, 0.3) is 0 Å². The van der Waals surface area contributed by atoms with Crippen LogP contribution in [0.15, 0.2) is 0 Å². The van der Waals surface area contributed by atoms with Gasteiger partial charge in [0.2, 0.25) is 11.0 Å². The van der Waals surface area contributed by atoms with Crippen molar-refractivity contribution in [2.75, 3.05) is 18.4 Å². The number of nitrogens with one attached hydrogen (secondary N) is 2. The standard InChI is InChI=1S/C8H10N4OS/c1-3-4-9-7(13)5-10-8-12-11-6(2)14-8/h1H,4-5H2,2H3,(H,9,13)(H,10,12). The Bertz CT molecular complexity index is 354. The predicted octanol–water partition coefficient (Wildman–Crippen LogP) is 0.00782. The van der Waals surface area contributed by atoms with Crippen molar-refractivity contribution in [3.63, 3.8) is 0 Å². The van der Waals surface area contributed by atoms with Crippen molar-refractivity contribution < 1.29 is 4.79 Å². The van der Waals surface area contributed by atoms with Crippen LogP contribution in [0.1, 0.15) is 5.01 Å². The van der Waals surface area contributed by atoms with Gasteiger partial charge in [-0.3, -0.25) is 4.79 Å². The number of carbonyl (C=O) groups excluding carboxylic acids is 1. The zero-order valence-corrected chi connectivity index (χ0v) is 8.52. The molecule has 1 heterocycles. The van der Waals surface area contributed by atoms with Crippen molar-refractivity contribution in [3.05, 3.63) is 5.01 Å². The molecule has 0 saturated heterocycles. The fourth-order valence-electron chi connectivity index (χ4n) is 0.736. The molecule has 1 aromatic heterocycles. The molecule has 0 fully saturated rings. The lowest BCUT2D eigenvalue weighted by Gasteiger charge is -2.01. The second kappa shape index (κ2) is 5.19. The van der Waals surface area contributed by atoms with Crippen LogP contribution in [0.5, 0.6) is 0 Å². The summed E-state index contributed by atoms with van der Waals surface area (Å²) in [6.07, 6.45) is 4.98. The van der Waals surface area contributed by atoms with Gasteiger partial charge in [-0.2, -0.15) is 0 Å². The van der Waals surface area contributed by atoms with E-state index in [-0.39, 0.29) is 19.0 Å². The van der Waals surface area contributed by atoms with E-state index in [2.05, 4.69) is 26.8 Å². The number of rotatable bonds is 4. The highest BCUT2D eigenvalue weighted by Crippen LogP contribution is 2.12. The Hall–Kier alpha value is -1.61. The lowest BCUT2D eigenvalue weighted by Crippen LogP contribution is -2.29. The van der Waals surface area contributed by atoms with Crippen LogP contribution in [0, 0.1) is 19.3 Å². The monoisotopic (exact) mass is 210 g/mol. The summed E-state index contributed by atoms with van der Waals surface area (Å²) >= 11 is 1.40. The maximum absolute atomic E-state index is 11.1. The number of terminal acetylenes is 1. The minimum Gasteiger partial charge on any atom is -0.351 e. The molecule has 0 aromatic carbocycles. The second-order valence-electron chi connectivity index (χ2n) is 2.46. The van der Waals surface area contributed by atoms with Crippen LogP contribution in [0.2, 0.25) is 0 Å². The molecule has 0 radical (unpaired) electrons. The summed E-state index contributed by atoms with van der Waals surface area (Å²) < 4.78 is 0. The van der Waals surface area contributed by atoms with Gasteiger partial charge in [0.05, 0.1) is 13.1 Å². The van der Waals surface area contributed by atoms with Crippen molar-refractivity contribution in [3.8, 4) is 12.3 Å². The average molecular weight is 210 g/mol. The van der Waals surface area contributed by atoms with Crippen molar-refractivity contribution >= 4 is 22.4 Å². The highest BCUT2D eigenvalue weighted by atomic mass is 32.1. The zero-order valence-electron chi connectivity index (χ0n) is 7.70. The Labute approximate surface area is 85.9 Å². The number of hydrogen-bond donors (Lipinski definition) is 2. The van der Waals surface area contributed by atoms with Gasteiger partial charge in [-0.1, -0.05) is 17.3 Å². The van der Waals surface area contributed by atoms with Gasteiger partial charge in [0.1, 0.15) is 5.01 Å². The molecule has 5 nitrogen and oxygen atoms in total. The van der Waals surface area contributed by atoms with Gasteiger partial charge in [-0.15, -0.1) is 16.6 Å². The minimum atomic E-state index is -0.157. The number of carbonyl (C=O) groups is 1. The van der Waals surface area contributed by atoms with Crippen LogP contribution in [-0.2, 0) is 4.79 Å². The van der Waals surface area contributed by atoms with E-state index in [1.807, 2.05) is 6.92 Å². The van der Waals surface area contributed by atoms with Crippen LogP contribution in [0.4, 0.5) is 5.13 Å². The summed E-state index contributed by atoms with van der Waals surface area (Å²) in [6, 6.07) is 0. The smallest absolute Gasteiger partial charge is 0.240 e. The third kappa shape index (κ3) is 3.41. The molecule has 0 aliphatic heterocycles. The third-order valence-corrected chi connectivity index (χ3v) is 2.11. The first kappa shape index (κ1) is 10.5. The number of nitrogens with zero attached hydrogens (tertiary/aromatic N) is 2. The summed E-state index contributed by atoms with van der Waals surface area (Å²) in [5, 5.41) is 14.5. The molecular formula is C8H10N4OS. The molecule has 6 heteroatoms. The fraction of sp³-hybridized carbons (Fsp3) is 0.375. The molecule has 2 N–H and O–H groups in total. The first-order valence-corrected chi connectivity index (χ1v) is 4.78. The van der Waals surface area contributed by atoms with Crippen LogP contribution in [-0.4, -0.2) is 29.2 Å². The first-order valence-electron chi connectivity index (χ1n) is 3.96. The molecular weight excluding hydrogens is 200 g/mol. The van der Waals surface area contributed by atoms with Crippen molar-refractivity contribution in [1.82, 2.24) is 15.5 Å². The average Bonchev–Trinajstić information content (AvgIpc) is 2.58. The van der Waals surface area contributed by atoms with Gasteiger partial charge < -0.3 is 10.6 Å². The SMILES string of the molecule is C#CCNC(=O)CNc1nnc(C)s1. The molecule has 0 spiro atoms. The Kier molecular flexibility index (Phi) is 3.88. The van der Waals surface area contributed by atoms with Gasteiger partial charge in [0, 0.05) is 0 Å². The molecule has 1 amide bonds. The van der Waals surface area contributed by atoms with E-state index in [9.17, 15) is 4.79 Å². The lowest BCUT2D eigenvalue weighted by atomic mass is 10.5. The number of anilines is 1. The Balaban J connectivity index is 2.27. The summed E-state index contributed by atoms with van der Waals surface area (Å²) in [5.41, 5.74) is 0. The zero-order chi connectivity index (χ0) is 10.4. The number of aryl methyl sites for hydroxylation is 1. The van der Waals surface area contributed by atoms with E-state index in [1.54, 1.807) is 0 Å². The van der Waals surface area contributed by atoms with E-state index in [0.29, 0.717) is 5.13 Å². The molecule has 0 bridgehead atoms. The first-order chi connectivity index (χ1) is 6.72. The Morgan fingerprint density at radius 1 is 1.64 bits per heavy atom. The topological polar surface area (TPSA) is 66.9 Å². The molecule has 0 unspecified atom stereocenters. The van der Waals surface area contributed by atoms with Gasteiger partial charge in [-0.25, -0.2) is 0 Å². The molecule has 0 atom stereocenters. The van der Waals surface area contributed by atoms with E-state index >= 15 is 0 Å². The molecule has 1 aromatic rings. The van der Waals surface area contributed by atoms with Crippen LogP contribution in [0.25, 0.3) is 0 Å². The predicted molar refractivity (Wildman–Crippen MR) is 55.0 cm³/mol. The molecule has 0 aliphatic rings. The van der Waals surface area contributed by atoms with Crippen molar-refractivity contribution in [1.29, 1.82) is 0 Å². The van der Waals surface area contributed by atoms with E-state index in [0.717, 1.165) is 5.01 Å². The highest BCUT2D eigenvalue weighted by molar-refractivity contribution is 7.15. The van der Waals surface area contributed by atoms with E-state index < -0.39 is 0 Å². The van der Waals surface area contributed by atoms with Crippen LogP contribution in [0.3, 0.4) is 0 Å². The van der Waals surface area contributed by atoms with Crippen molar-refractivity contribution in [2.45, 2.75) is 6.92 Å². The third-order valence-electron chi connectivity index (χ3n) is 1.31. The van der Waals surface area contributed by atoms with Gasteiger partial charge >= 0.3 is 0 Å². The second-order valence-corrected chi connectivity index (χ2v) is 3.64. The fourth-order valence-corrected chi connectivity index (χ4v) is 1.32. The molecule has 0 saturated carbocycles. The molecule has 74 valence electrons. The Morgan fingerprint density at radius 2 is 2.43 bits per heavy atom. The number of aromatic nitrogens is 2. The van der Waals surface area contributed by atoms with Crippen LogP contribution >= 0.6 is 11.3 Å². The molecule has 1 rings (SSSR count). The quantitative estimate of drug-likeness (QED) is 0.687. The molecule has 14 heavy (non-hydrogen) atoms. The largest absolute Gasteiger partial charge is 0.351 e. The molecule has 0 aliphatic carbocycles. The van der Waals surface area contributed by atoms with Gasteiger partial charge in [-0.05, 0) is 6.92 Å². The van der Waals surface area contributed by atoms with E-state index in [1.165, 1.54) is 11.3 Å². The summed E-state index contributed by atoms with van der Waals surface area (Å²) in [5.74, 6) is 2.16. The van der Waals surface area contributed by atoms with Crippen LogP contribution < -0.4 is 10.6 Å². The number of amides is 1. The lowest BCUT2D eigenvalue weighted by molar-refractivity contribution is -0.119. The summed E-state index contributed by atoms with van der Waals surface area (Å²) in [7, 11) is 0. The van der Waals surface area contributed by atoms with E-state index in [4.69, 9.17) is 6.42 Å². The highest BCUT2D eigenvalue weighted by Gasteiger charge is 2.02.